The molecule has 0 heterocycles. The number of sulfonamides is 1. The Bertz CT molecular complexity index is 519. The highest BCUT2D eigenvalue weighted by Crippen LogP contribution is 2.35. The van der Waals surface area contributed by atoms with Gasteiger partial charge in [-0.3, -0.25) is 0 Å². The van der Waals surface area contributed by atoms with Gasteiger partial charge >= 0.3 is 0 Å². The Morgan fingerprint density at radius 3 is 2.33 bits per heavy atom. The Hall–Kier alpha value is -1.02. The molecule has 0 aromatic heterocycles. The fraction of sp³-hybridized carbons (Fsp3) is 0.400. The van der Waals surface area contributed by atoms with Crippen LogP contribution in [0.1, 0.15) is 0 Å². The largest absolute Gasteiger partial charge is 0.493 e. The summed E-state index contributed by atoms with van der Waals surface area (Å²) in [5, 5.41) is 0.0529. The van der Waals surface area contributed by atoms with E-state index in [0.717, 1.165) is 0 Å². The van der Waals surface area contributed by atoms with Crippen molar-refractivity contribution in [1.82, 2.24) is 4.72 Å². The van der Waals surface area contributed by atoms with Crippen molar-refractivity contribution in [2.45, 2.75) is 4.90 Å². The van der Waals surface area contributed by atoms with Gasteiger partial charge < -0.3 is 15.2 Å². The molecular weight excluding hydrogens is 280 g/mol. The van der Waals surface area contributed by atoms with Crippen LogP contribution in [0.2, 0.25) is 5.02 Å². The molecule has 1 aromatic carbocycles. The first-order valence-electron chi connectivity index (χ1n) is 5.07. The molecule has 0 saturated heterocycles. The quantitative estimate of drug-likeness (QED) is 0.801. The van der Waals surface area contributed by atoms with E-state index in [9.17, 15) is 8.42 Å². The Morgan fingerprint density at radius 1 is 1.28 bits per heavy atom. The number of ether oxygens (including phenoxy) is 2. The molecule has 0 saturated carbocycles. The molecule has 18 heavy (non-hydrogen) atoms. The van der Waals surface area contributed by atoms with Crippen molar-refractivity contribution in [1.29, 1.82) is 0 Å². The maximum Gasteiger partial charge on any atom is 0.242 e. The number of nitrogens with one attached hydrogen (secondary N) is 1. The smallest absolute Gasteiger partial charge is 0.242 e. The molecule has 0 aliphatic rings. The highest BCUT2D eigenvalue weighted by Gasteiger charge is 2.20. The second-order valence-corrected chi connectivity index (χ2v) is 5.47. The molecule has 3 N–H and O–H groups in total. The predicted molar refractivity (Wildman–Crippen MR) is 68.8 cm³/mol. The highest BCUT2D eigenvalue weighted by atomic mass is 35.5. The summed E-state index contributed by atoms with van der Waals surface area (Å²) in [5.41, 5.74) is 5.25. The Balaban J connectivity index is 3.25. The average Bonchev–Trinajstić information content (AvgIpc) is 2.35. The standard InChI is InChI=1S/C10H15ClN2O4S/c1-16-8-5-7(11)10(6-9(8)17-2)18(14,15)13-4-3-12/h5-6,13H,3-4,12H2,1-2H3. The first-order chi connectivity index (χ1) is 8.46. The predicted octanol–water partition coefficient (Wildman–Crippen LogP) is 0.594. The van der Waals surface area contributed by atoms with Gasteiger partial charge in [-0.15, -0.1) is 0 Å². The molecule has 8 heteroatoms. The maximum absolute atomic E-state index is 11.9. The summed E-state index contributed by atoms with van der Waals surface area (Å²) < 4.78 is 36.2. The maximum atomic E-state index is 11.9. The summed E-state index contributed by atoms with van der Waals surface area (Å²) in [7, 11) is -0.856. The first-order valence-corrected chi connectivity index (χ1v) is 6.93. The SMILES string of the molecule is COc1cc(Cl)c(S(=O)(=O)NCCN)cc1OC. The molecule has 0 radical (unpaired) electrons. The van der Waals surface area contributed by atoms with Crippen molar-refractivity contribution in [2.75, 3.05) is 27.3 Å². The van der Waals surface area contributed by atoms with Crippen LogP contribution in [0.4, 0.5) is 0 Å². The van der Waals surface area contributed by atoms with Crippen molar-refractivity contribution in [3.63, 3.8) is 0 Å². The number of nitrogens with two attached hydrogens (primary N) is 1. The van der Waals surface area contributed by atoms with Gasteiger partial charge in [-0.2, -0.15) is 0 Å². The average molecular weight is 295 g/mol. The number of rotatable bonds is 6. The Labute approximate surface area is 111 Å². The van der Waals surface area contributed by atoms with Crippen molar-refractivity contribution >= 4 is 21.6 Å². The Kier molecular flexibility index (Phi) is 5.21. The van der Waals surface area contributed by atoms with Crippen molar-refractivity contribution in [2.24, 2.45) is 5.73 Å². The normalized spacial score (nSPS) is 11.3. The van der Waals surface area contributed by atoms with Gasteiger partial charge in [-0.1, -0.05) is 11.6 Å². The van der Waals surface area contributed by atoms with E-state index in [2.05, 4.69) is 4.72 Å². The van der Waals surface area contributed by atoms with Crippen molar-refractivity contribution in [3.8, 4) is 11.5 Å². The van der Waals surface area contributed by atoms with E-state index in [4.69, 9.17) is 26.8 Å². The van der Waals surface area contributed by atoms with Crippen LogP contribution >= 0.6 is 11.6 Å². The van der Waals surface area contributed by atoms with E-state index in [1.54, 1.807) is 0 Å². The molecule has 0 spiro atoms. The van der Waals surface area contributed by atoms with Gasteiger partial charge in [0, 0.05) is 25.2 Å². The molecule has 1 aromatic rings. The highest BCUT2D eigenvalue weighted by molar-refractivity contribution is 7.89. The van der Waals surface area contributed by atoms with Crippen LogP contribution in [0.15, 0.2) is 17.0 Å². The van der Waals surface area contributed by atoms with E-state index < -0.39 is 10.0 Å². The van der Waals surface area contributed by atoms with Crippen LogP contribution in [0.25, 0.3) is 0 Å². The van der Waals surface area contributed by atoms with Crippen LogP contribution in [0.3, 0.4) is 0 Å². The first kappa shape index (κ1) is 15.0. The monoisotopic (exact) mass is 294 g/mol. The van der Waals surface area contributed by atoms with Crippen LogP contribution in [0, 0.1) is 0 Å². The number of methoxy groups -OCH3 is 2. The summed E-state index contributed by atoms with van der Waals surface area (Å²) in [6.07, 6.45) is 0. The fourth-order valence-corrected chi connectivity index (χ4v) is 2.89. The lowest BCUT2D eigenvalue weighted by atomic mass is 10.3. The molecule has 0 fully saturated rings. The molecule has 1 rings (SSSR count). The lowest BCUT2D eigenvalue weighted by Crippen LogP contribution is -2.29. The van der Waals surface area contributed by atoms with E-state index in [-0.39, 0.29) is 28.8 Å². The van der Waals surface area contributed by atoms with Crippen LogP contribution in [-0.4, -0.2) is 35.7 Å². The van der Waals surface area contributed by atoms with Crippen molar-refractivity contribution < 1.29 is 17.9 Å². The van der Waals surface area contributed by atoms with Crippen LogP contribution in [0.5, 0.6) is 11.5 Å². The number of hydrogen-bond donors (Lipinski definition) is 2. The summed E-state index contributed by atoms with van der Waals surface area (Å²) in [6, 6.07) is 2.69. The van der Waals surface area contributed by atoms with E-state index in [0.29, 0.717) is 5.75 Å². The van der Waals surface area contributed by atoms with Gasteiger partial charge in [0.1, 0.15) is 4.90 Å². The third kappa shape index (κ3) is 3.26. The second kappa shape index (κ2) is 6.24. The summed E-state index contributed by atoms with van der Waals surface area (Å²) in [5.74, 6) is 0.648. The van der Waals surface area contributed by atoms with Crippen LogP contribution in [-0.2, 0) is 10.0 Å². The van der Waals surface area contributed by atoms with E-state index >= 15 is 0 Å². The second-order valence-electron chi connectivity index (χ2n) is 3.32. The molecule has 0 aliphatic heterocycles. The lowest BCUT2D eigenvalue weighted by molar-refractivity contribution is 0.354. The lowest BCUT2D eigenvalue weighted by Gasteiger charge is -2.12. The number of hydrogen-bond acceptors (Lipinski definition) is 5. The fourth-order valence-electron chi connectivity index (χ4n) is 1.31. The van der Waals surface area contributed by atoms with Crippen LogP contribution < -0.4 is 19.9 Å². The molecular formula is C10H15ClN2O4S. The third-order valence-corrected chi connectivity index (χ3v) is 4.09. The van der Waals surface area contributed by atoms with E-state index in [1.807, 2.05) is 0 Å². The minimum Gasteiger partial charge on any atom is -0.493 e. The molecule has 0 aliphatic carbocycles. The molecule has 0 bridgehead atoms. The van der Waals surface area contributed by atoms with Gasteiger partial charge in [0.25, 0.3) is 0 Å². The van der Waals surface area contributed by atoms with Gasteiger partial charge in [-0.05, 0) is 0 Å². The zero-order valence-electron chi connectivity index (χ0n) is 10.1. The zero-order chi connectivity index (χ0) is 13.8. The topological polar surface area (TPSA) is 90.7 Å². The number of halogens is 1. The third-order valence-electron chi connectivity index (χ3n) is 2.16. The van der Waals surface area contributed by atoms with Gasteiger partial charge in [0.2, 0.25) is 10.0 Å². The molecule has 0 unspecified atom stereocenters. The summed E-state index contributed by atoms with van der Waals surface area (Å²) in [4.78, 5) is -0.0738. The zero-order valence-corrected chi connectivity index (χ0v) is 11.6. The van der Waals surface area contributed by atoms with Gasteiger partial charge in [0.05, 0.1) is 19.2 Å². The minimum atomic E-state index is -3.71. The van der Waals surface area contributed by atoms with Crippen molar-refractivity contribution in [3.05, 3.63) is 17.2 Å². The molecule has 0 amide bonds. The Morgan fingerprint density at radius 2 is 1.83 bits per heavy atom. The molecule has 0 atom stereocenters. The summed E-state index contributed by atoms with van der Waals surface area (Å²) in [6.45, 7) is 0.331. The van der Waals surface area contributed by atoms with Gasteiger partial charge in [0.15, 0.2) is 11.5 Å². The molecule has 102 valence electrons. The number of benzene rings is 1. The summed E-state index contributed by atoms with van der Waals surface area (Å²) >= 11 is 5.91. The van der Waals surface area contributed by atoms with E-state index in [1.165, 1.54) is 26.4 Å². The minimum absolute atomic E-state index is 0.0529. The van der Waals surface area contributed by atoms with Gasteiger partial charge in [-0.25, -0.2) is 13.1 Å². The molecule has 6 nitrogen and oxygen atoms in total.